The predicted octanol–water partition coefficient (Wildman–Crippen LogP) is 7.36. The molecule has 0 amide bonds. The fraction of sp³-hybridized carbons (Fsp3) is 0.231. The first kappa shape index (κ1) is 20.8. The zero-order chi connectivity index (χ0) is 20.6. The molecular weight excluding hydrogens is 363 g/mol. The molecule has 0 N–H and O–H groups in total. The molecule has 0 saturated heterocycles. The van der Waals surface area contributed by atoms with Gasteiger partial charge in [0.25, 0.3) is 0 Å². The van der Waals surface area contributed by atoms with E-state index in [9.17, 15) is 4.39 Å². The van der Waals surface area contributed by atoms with E-state index in [2.05, 4.69) is 37.8 Å². The van der Waals surface area contributed by atoms with E-state index >= 15 is 0 Å². The normalized spacial score (nSPS) is 11.8. The summed E-state index contributed by atoms with van der Waals surface area (Å²) < 4.78 is 25.7. The molecule has 2 nitrogen and oxygen atoms in total. The smallest absolute Gasteiger partial charge is 0.165 e. The lowest BCUT2D eigenvalue weighted by Gasteiger charge is -2.17. The number of allylic oxidation sites excluding steroid dienone is 1. The van der Waals surface area contributed by atoms with Crippen LogP contribution in [0.5, 0.6) is 11.5 Å². The van der Waals surface area contributed by atoms with Gasteiger partial charge < -0.3 is 9.47 Å². The Morgan fingerprint density at radius 2 is 1.72 bits per heavy atom. The van der Waals surface area contributed by atoms with Crippen molar-refractivity contribution < 1.29 is 13.9 Å². The standard InChI is InChI=1S/C26H27FO2/c1-4-21(23-13-11-22(12-14-23)19(2)3)18-28-17-20-10-15-25(27)26(16-20)29-24-8-6-5-7-9-24/h5-16,21H,2,4,17-18H2,1,3H3. The van der Waals surface area contributed by atoms with Crippen LogP contribution < -0.4 is 4.74 Å². The highest BCUT2D eigenvalue weighted by molar-refractivity contribution is 5.61. The lowest BCUT2D eigenvalue weighted by Crippen LogP contribution is -2.07. The van der Waals surface area contributed by atoms with Crippen molar-refractivity contribution in [1.29, 1.82) is 0 Å². The number of rotatable bonds is 9. The highest BCUT2D eigenvalue weighted by Gasteiger charge is 2.11. The first-order valence-corrected chi connectivity index (χ1v) is 9.91. The molecule has 0 aliphatic rings. The van der Waals surface area contributed by atoms with Gasteiger partial charge in [-0.15, -0.1) is 0 Å². The van der Waals surface area contributed by atoms with E-state index in [0.29, 0.717) is 24.9 Å². The average Bonchev–Trinajstić information content (AvgIpc) is 2.74. The van der Waals surface area contributed by atoms with Gasteiger partial charge in [0.1, 0.15) is 5.75 Å². The molecule has 3 heteroatoms. The molecule has 29 heavy (non-hydrogen) atoms. The van der Waals surface area contributed by atoms with Crippen molar-refractivity contribution in [1.82, 2.24) is 0 Å². The summed E-state index contributed by atoms with van der Waals surface area (Å²) in [4.78, 5) is 0. The summed E-state index contributed by atoms with van der Waals surface area (Å²) in [5, 5.41) is 0. The largest absolute Gasteiger partial charge is 0.454 e. The molecule has 3 rings (SSSR count). The number of ether oxygens (including phenoxy) is 2. The molecular formula is C26H27FO2. The zero-order valence-corrected chi connectivity index (χ0v) is 17.0. The Kier molecular flexibility index (Phi) is 7.20. The first-order valence-electron chi connectivity index (χ1n) is 9.91. The van der Waals surface area contributed by atoms with Gasteiger partial charge in [-0.05, 0) is 54.3 Å². The minimum absolute atomic E-state index is 0.208. The molecule has 0 aliphatic heterocycles. The van der Waals surface area contributed by atoms with E-state index in [-0.39, 0.29) is 11.6 Å². The summed E-state index contributed by atoms with van der Waals surface area (Å²) in [5.41, 5.74) is 4.35. The Bertz CT molecular complexity index is 933. The zero-order valence-electron chi connectivity index (χ0n) is 17.0. The van der Waals surface area contributed by atoms with Crippen molar-refractivity contribution in [2.24, 2.45) is 0 Å². The van der Waals surface area contributed by atoms with Crippen LogP contribution in [0.25, 0.3) is 5.57 Å². The van der Waals surface area contributed by atoms with E-state index in [0.717, 1.165) is 23.1 Å². The second-order valence-corrected chi connectivity index (χ2v) is 7.20. The van der Waals surface area contributed by atoms with Crippen LogP contribution in [-0.4, -0.2) is 6.61 Å². The molecule has 150 valence electrons. The number of para-hydroxylation sites is 1. The molecule has 3 aromatic rings. The number of hydrogen-bond acceptors (Lipinski definition) is 2. The SMILES string of the molecule is C=C(C)c1ccc(C(CC)COCc2ccc(F)c(Oc3ccccc3)c2)cc1. The van der Waals surface area contributed by atoms with Crippen LogP contribution in [0.4, 0.5) is 4.39 Å². The van der Waals surface area contributed by atoms with Crippen LogP contribution in [0.1, 0.15) is 42.9 Å². The summed E-state index contributed by atoms with van der Waals surface area (Å²) in [6.07, 6.45) is 0.984. The molecule has 0 aliphatic carbocycles. The summed E-state index contributed by atoms with van der Waals surface area (Å²) in [6, 6.07) is 22.6. The molecule has 0 aromatic heterocycles. The maximum Gasteiger partial charge on any atom is 0.165 e. The maximum absolute atomic E-state index is 14.1. The fourth-order valence-corrected chi connectivity index (χ4v) is 3.14. The van der Waals surface area contributed by atoms with Crippen LogP contribution in [0.3, 0.4) is 0 Å². The van der Waals surface area contributed by atoms with Crippen molar-refractivity contribution >= 4 is 5.57 Å². The Morgan fingerprint density at radius 3 is 2.38 bits per heavy atom. The molecule has 1 atom stereocenters. The number of halogens is 1. The number of hydrogen-bond donors (Lipinski definition) is 0. The van der Waals surface area contributed by atoms with E-state index in [1.165, 1.54) is 11.6 Å². The van der Waals surface area contributed by atoms with Gasteiger partial charge in [-0.25, -0.2) is 4.39 Å². The second-order valence-electron chi connectivity index (χ2n) is 7.20. The summed E-state index contributed by atoms with van der Waals surface area (Å²) >= 11 is 0. The van der Waals surface area contributed by atoms with Crippen molar-refractivity contribution in [3.8, 4) is 11.5 Å². The molecule has 0 bridgehead atoms. The van der Waals surface area contributed by atoms with Crippen LogP contribution >= 0.6 is 0 Å². The van der Waals surface area contributed by atoms with Crippen LogP contribution in [0.15, 0.2) is 79.4 Å². The monoisotopic (exact) mass is 390 g/mol. The Hall–Kier alpha value is -2.91. The topological polar surface area (TPSA) is 18.5 Å². The first-order chi connectivity index (χ1) is 14.1. The summed E-state index contributed by atoms with van der Waals surface area (Å²) in [7, 11) is 0. The minimum Gasteiger partial charge on any atom is -0.454 e. The lowest BCUT2D eigenvalue weighted by molar-refractivity contribution is 0.105. The van der Waals surface area contributed by atoms with E-state index in [4.69, 9.17) is 9.47 Å². The highest BCUT2D eigenvalue weighted by Crippen LogP contribution is 2.26. The minimum atomic E-state index is -0.387. The molecule has 1 unspecified atom stereocenters. The summed E-state index contributed by atoms with van der Waals surface area (Å²) in [5.74, 6) is 0.741. The highest BCUT2D eigenvalue weighted by atomic mass is 19.1. The second kappa shape index (κ2) is 10.0. The van der Waals surface area contributed by atoms with Crippen LogP contribution in [0, 0.1) is 5.82 Å². The average molecular weight is 390 g/mol. The number of benzene rings is 3. The molecule has 0 heterocycles. The van der Waals surface area contributed by atoms with Crippen LogP contribution in [-0.2, 0) is 11.3 Å². The van der Waals surface area contributed by atoms with Gasteiger partial charge in [0.2, 0.25) is 0 Å². The molecule has 0 saturated carbocycles. The van der Waals surface area contributed by atoms with Gasteiger partial charge in [0, 0.05) is 5.92 Å². The quantitative estimate of drug-likeness (QED) is 0.380. The van der Waals surface area contributed by atoms with Gasteiger partial charge in [0.05, 0.1) is 13.2 Å². The third-order valence-electron chi connectivity index (χ3n) is 4.92. The Labute approximate surface area is 172 Å². The van der Waals surface area contributed by atoms with E-state index < -0.39 is 0 Å². The van der Waals surface area contributed by atoms with Crippen molar-refractivity contribution in [3.63, 3.8) is 0 Å². The van der Waals surface area contributed by atoms with Gasteiger partial charge in [-0.2, -0.15) is 0 Å². The molecule has 3 aromatic carbocycles. The molecule has 0 radical (unpaired) electrons. The van der Waals surface area contributed by atoms with Gasteiger partial charge >= 0.3 is 0 Å². The third kappa shape index (κ3) is 5.78. The van der Waals surface area contributed by atoms with Crippen molar-refractivity contribution in [3.05, 3.63) is 102 Å². The predicted molar refractivity (Wildman–Crippen MR) is 117 cm³/mol. The lowest BCUT2D eigenvalue weighted by atomic mass is 9.95. The van der Waals surface area contributed by atoms with Crippen molar-refractivity contribution in [2.45, 2.75) is 32.8 Å². The molecule has 0 spiro atoms. The Balaban J connectivity index is 1.60. The van der Waals surface area contributed by atoms with Crippen molar-refractivity contribution in [2.75, 3.05) is 6.61 Å². The molecule has 0 fully saturated rings. The summed E-state index contributed by atoms with van der Waals surface area (Å²) in [6.45, 7) is 9.16. The maximum atomic E-state index is 14.1. The van der Waals surface area contributed by atoms with E-state index in [1.807, 2.05) is 25.1 Å². The fourth-order valence-electron chi connectivity index (χ4n) is 3.14. The Morgan fingerprint density at radius 1 is 1.00 bits per heavy atom. The van der Waals surface area contributed by atoms with Gasteiger partial charge in [0.15, 0.2) is 11.6 Å². The third-order valence-corrected chi connectivity index (χ3v) is 4.92. The van der Waals surface area contributed by atoms with E-state index in [1.54, 1.807) is 24.3 Å². The van der Waals surface area contributed by atoms with Gasteiger partial charge in [-0.1, -0.05) is 67.6 Å². The van der Waals surface area contributed by atoms with Crippen LogP contribution in [0.2, 0.25) is 0 Å². The van der Waals surface area contributed by atoms with Gasteiger partial charge in [-0.3, -0.25) is 0 Å².